The van der Waals surface area contributed by atoms with E-state index in [1.54, 1.807) is 30.7 Å². The molecule has 0 radical (unpaired) electrons. The van der Waals surface area contributed by atoms with Crippen LogP contribution in [-0.2, 0) is 45.9 Å². The van der Waals surface area contributed by atoms with Gasteiger partial charge in [-0.05, 0) is 34.9 Å². The van der Waals surface area contributed by atoms with Gasteiger partial charge in [0.15, 0.2) is 0 Å². The maximum Gasteiger partial charge on any atom is 0.408 e. The molecule has 5 rings (SSSR count). The van der Waals surface area contributed by atoms with Crippen molar-refractivity contribution >= 4 is 17.9 Å². The second kappa shape index (κ2) is 17.4. The molecule has 2 aromatic heterocycles. The van der Waals surface area contributed by atoms with Gasteiger partial charge < -0.3 is 30.0 Å². The monoisotopic (exact) mass is 674 g/mol. The minimum Gasteiger partial charge on any atom is -0.489 e. The topological polar surface area (TPSA) is 139 Å². The van der Waals surface area contributed by atoms with Crippen LogP contribution in [-0.4, -0.2) is 56.9 Å². The van der Waals surface area contributed by atoms with Gasteiger partial charge in [0.2, 0.25) is 11.8 Å². The lowest BCUT2D eigenvalue weighted by atomic mass is 9.84. The number of aromatic amines is 1. The first-order valence-corrected chi connectivity index (χ1v) is 16.4. The number of hydrogen-bond acceptors (Lipinski definition) is 7. The molecule has 0 aliphatic carbocycles. The van der Waals surface area contributed by atoms with E-state index >= 15 is 0 Å². The largest absolute Gasteiger partial charge is 0.489 e. The maximum absolute atomic E-state index is 14.3. The first-order chi connectivity index (χ1) is 24.2. The number of imidazole rings is 1. The van der Waals surface area contributed by atoms with Crippen molar-refractivity contribution in [3.8, 4) is 5.75 Å². The van der Waals surface area contributed by atoms with Crippen LogP contribution in [0.3, 0.4) is 0 Å². The van der Waals surface area contributed by atoms with Crippen LogP contribution in [0.4, 0.5) is 4.79 Å². The Balaban J connectivity index is 1.31. The fourth-order valence-corrected chi connectivity index (χ4v) is 5.26. The van der Waals surface area contributed by atoms with Crippen LogP contribution in [0.15, 0.2) is 122 Å². The number of ether oxygens (including phenoxy) is 2. The Morgan fingerprint density at radius 1 is 0.820 bits per heavy atom. The Labute approximate surface area is 292 Å². The third kappa shape index (κ3) is 10.8. The van der Waals surface area contributed by atoms with Crippen LogP contribution < -0.4 is 15.4 Å². The number of carbonyl (C=O) groups excluding carboxylic acids is 3. The first kappa shape index (κ1) is 35.3. The van der Waals surface area contributed by atoms with Gasteiger partial charge >= 0.3 is 6.09 Å². The lowest BCUT2D eigenvalue weighted by Gasteiger charge is -2.29. The van der Waals surface area contributed by atoms with E-state index in [4.69, 9.17) is 9.47 Å². The average molecular weight is 675 g/mol. The van der Waals surface area contributed by atoms with Crippen molar-refractivity contribution in [3.05, 3.63) is 150 Å². The van der Waals surface area contributed by atoms with E-state index in [1.807, 2.05) is 84.9 Å². The van der Waals surface area contributed by atoms with Crippen molar-refractivity contribution in [1.82, 2.24) is 30.5 Å². The zero-order chi connectivity index (χ0) is 35.2. The van der Waals surface area contributed by atoms with Crippen LogP contribution in [0.1, 0.15) is 41.8 Å². The Kier molecular flexibility index (Phi) is 12.3. The van der Waals surface area contributed by atoms with Crippen LogP contribution in [0.5, 0.6) is 5.75 Å². The highest BCUT2D eigenvalue weighted by Gasteiger charge is 2.30. The van der Waals surface area contributed by atoms with E-state index in [9.17, 15) is 14.4 Å². The van der Waals surface area contributed by atoms with Gasteiger partial charge in [0.1, 0.15) is 25.0 Å². The molecule has 0 aliphatic rings. The first-order valence-electron chi connectivity index (χ1n) is 16.4. The summed E-state index contributed by atoms with van der Waals surface area (Å²) in [4.78, 5) is 53.2. The number of alkyl carbamates (subject to hydrolysis) is 1. The van der Waals surface area contributed by atoms with E-state index in [-0.39, 0.29) is 37.4 Å². The highest BCUT2D eigenvalue weighted by Crippen LogP contribution is 2.22. The third-order valence-electron chi connectivity index (χ3n) is 8.14. The standard InChI is InChI=1S/C39H42N6O5/c1-39(2,32-13-7-4-8-14-32)27-42-36(46)24-45(23-29-15-17-34(18-16-29)49-25-30-10-5-3-6-11-30)37(47)35(20-33-22-41-28-43-33)44-38(48)50-26-31-12-9-19-40-21-31/h3-19,21-22,28,35H,20,23-27H2,1-2H3,(H,41,43)(H,42,46)(H,44,48)/t35-/m0/s1. The van der Waals surface area contributed by atoms with Crippen molar-refractivity contribution in [2.75, 3.05) is 13.1 Å². The van der Waals surface area contributed by atoms with Crippen molar-refractivity contribution in [2.24, 2.45) is 0 Å². The Hall–Kier alpha value is -5.97. The van der Waals surface area contributed by atoms with Crippen molar-refractivity contribution in [3.63, 3.8) is 0 Å². The number of benzene rings is 3. The highest BCUT2D eigenvalue weighted by molar-refractivity contribution is 5.89. The van der Waals surface area contributed by atoms with Crippen LogP contribution in [0.25, 0.3) is 0 Å². The number of pyridine rings is 1. The molecule has 0 aliphatic heterocycles. The smallest absolute Gasteiger partial charge is 0.408 e. The van der Waals surface area contributed by atoms with Gasteiger partial charge in [-0.2, -0.15) is 0 Å². The van der Waals surface area contributed by atoms with Crippen LogP contribution in [0.2, 0.25) is 0 Å². The number of H-pyrrole nitrogens is 1. The summed E-state index contributed by atoms with van der Waals surface area (Å²) < 4.78 is 11.4. The SMILES string of the molecule is CC(C)(CNC(=O)CN(Cc1ccc(OCc2ccccc2)cc1)C(=O)[C@H](Cc1cnc[nH]1)NC(=O)OCc1cccnc1)c1ccccc1. The Morgan fingerprint density at radius 3 is 2.22 bits per heavy atom. The third-order valence-corrected chi connectivity index (χ3v) is 8.14. The minimum absolute atomic E-state index is 0.0212. The molecule has 0 saturated carbocycles. The van der Waals surface area contributed by atoms with Crippen LogP contribution >= 0.6 is 0 Å². The molecule has 5 aromatic rings. The molecule has 11 nitrogen and oxygen atoms in total. The van der Waals surface area contributed by atoms with Gasteiger partial charge in [0, 0.05) is 54.8 Å². The van der Waals surface area contributed by atoms with Gasteiger partial charge in [-0.1, -0.05) is 92.7 Å². The summed E-state index contributed by atoms with van der Waals surface area (Å²) in [6, 6.07) is 29.6. The second-order valence-corrected chi connectivity index (χ2v) is 12.6. The number of rotatable bonds is 16. The van der Waals surface area contributed by atoms with Crippen molar-refractivity contribution in [2.45, 2.75) is 51.5 Å². The van der Waals surface area contributed by atoms with E-state index in [1.165, 1.54) is 11.2 Å². The summed E-state index contributed by atoms with van der Waals surface area (Å²) in [6.45, 7) is 4.74. The van der Waals surface area contributed by atoms with Crippen molar-refractivity contribution < 1.29 is 23.9 Å². The molecule has 3 amide bonds. The summed E-state index contributed by atoms with van der Waals surface area (Å²) in [5.41, 5.74) is 3.89. The van der Waals surface area contributed by atoms with Gasteiger partial charge in [-0.25, -0.2) is 9.78 Å². The molecule has 50 heavy (non-hydrogen) atoms. The Bertz CT molecular complexity index is 1780. The molecule has 0 fully saturated rings. The van der Waals surface area contributed by atoms with E-state index < -0.39 is 18.0 Å². The predicted molar refractivity (Wildman–Crippen MR) is 189 cm³/mol. The van der Waals surface area contributed by atoms with Crippen LogP contribution in [0, 0.1) is 0 Å². The van der Waals surface area contributed by atoms with E-state index in [0.29, 0.717) is 30.2 Å². The molecule has 0 spiro atoms. The summed E-state index contributed by atoms with van der Waals surface area (Å²) in [5, 5.41) is 5.72. The van der Waals surface area contributed by atoms with Gasteiger partial charge in [-0.3, -0.25) is 14.6 Å². The summed E-state index contributed by atoms with van der Waals surface area (Å²) >= 11 is 0. The molecule has 0 saturated heterocycles. The summed E-state index contributed by atoms with van der Waals surface area (Å²) in [7, 11) is 0. The lowest BCUT2D eigenvalue weighted by Crippen LogP contribution is -2.52. The molecule has 3 N–H and O–H groups in total. The quantitative estimate of drug-likeness (QED) is 0.128. The predicted octanol–water partition coefficient (Wildman–Crippen LogP) is 5.34. The number of nitrogens with one attached hydrogen (secondary N) is 3. The molecule has 258 valence electrons. The molecule has 1 atom stereocenters. The average Bonchev–Trinajstić information content (AvgIpc) is 3.66. The number of nitrogens with zero attached hydrogens (tertiary/aromatic N) is 3. The normalized spacial score (nSPS) is 11.6. The molecule has 11 heteroatoms. The fourth-order valence-electron chi connectivity index (χ4n) is 5.26. The zero-order valence-corrected chi connectivity index (χ0v) is 28.2. The lowest BCUT2D eigenvalue weighted by molar-refractivity contribution is -0.138. The fraction of sp³-hybridized carbons (Fsp3) is 0.256. The van der Waals surface area contributed by atoms with Crippen molar-refractivity contribution in [1.29, 1.82) is 0 Å². The van der Waals surface area contributed by atoms with E-state index in [0.717, 1.165) is 16.7 Å². The highest BCUT2D eigenvalue weighted by atomic mass is 16.5. The number of aromatic nitrogens is 3. The molecule has 2 heterocycles. The molecule has 3 aromatic carbocycles. The van der Waals surface area contributed by atoms with Gasteiger partial charge in [-0.15, -0.1) is 0 Å². The molecular formula is C39H42N6O5. The Morgan fingerprint density at radius 2 is 1.54 bits per heavy atom. The second-order valence-electron chi connectivity index (χ2n) is 12.6. The van der Waals surface area contributed by atoms with E-state index in [2.05, 4.69) is 39.4 Å². The molecular weight excluding hydrogens is 632 g/mol. The van der Waals surface area contributed by atoms with Gasteiger partial charge in [0.25, 0.3) is 0 Å². The minimum atomic E-state index is -1.06. The molecule has 0 unspecified atom stereocenters. The summed E-state index contributed by atoms with van der Waals surface area (Å²) in [5.74, 6) is -0.115. The zero-order valence-electron chi connectivity index (χ0n) is 28.2. The number of hydrogen-bond donors (Lipinski definition) is 3. The molecule has 0 bridgehead atoms. The summed E-state index contributed by atoms with van der Waals surface area (Å²) in [6.07, 6.45) is 5.63. The van der Waals surface area contributed by atoms with Gasteiger partial charge in [0.05, 0.1) is 12.9 Å². The number of carbonyl (C=O) groups is 3. The number of amides is 3. The maximum atomic E-state index is 14.3.